The molecule has 0 aromatic heterocycles. The van der Waals surface area contributed by atoms with Crippen LogP contribution in [0.3, 0.4) is 0 Å². The van der Waals surface area contributed by atoms with Gasteiger partial charge >= 0.3 is 6.09 Å². The average molecular weight is 722 g/mol. The largest absolute Gasteiger partial charge is 0.444 e. The number of nitrogens with zero attached hydrogens (tertiary/aromatic N) is 1. The van der Waals surface area contributed by atoms with Crippen LogP contribution >= 0.6 is 11.8 Å². The number of aliphatic hydroxyl groups is 1. The van der Waals surface area contributed by atoms with Crippen LogP contribution in [0.1, 0.15) is 52.9 Å². The number of imide groups is 1. The van der Waals surface area contributed by atoms with Crippen LogP contribution < -0.4 is 21.3 Å². The van der Waals surface area contributed by atoms with Gasteiger partial charge in [0.25, 0.3) is 0 Å². The first kappa shape index (κ1) is 44.0. The SMILES string of the molecule is COC(COC(=O)NCCC(=O)NCCNC(=O)CCOCCOCCNC(=O)CCN1C(=O)CC(SC)C1=O)OC(CO)CC(C)(C)C. The standard InChI is InChI=1S/C31H55N5O12S/c1-31(2,3)19-22(20-37)48-28(44-4)21-47-30(43)35-9-6-24(38)32-10-11-33-26(40)8-14-45-16-17-46-15-12-34-25(39)7-13-36-27(41)18-23(49-5)29(36)42/h22-23,28,37H,6-21H2,1-5H3,(H,32,38)(H,33,40)(H,34,39)(H,35,43). The summed E-state index contributed by atoms with van der Waals surface area (Å²) in [5.41, 5.74) is -0.0709. The Kier molecular flexibility index (Phi) is 22.4. The summed E-state index contributed by atoms with van der Waals surface area (Å²) < 4.78 is 26.7. The third-order valence-electron chi connectivity index (χ3n) is 6.86. The highest BCUT2D eigenvalue weighted by atomic mass is 32.2. The number of thioether (sulfide) groups is 1. The molecule has 0 aromatic rings. The van der Waals surface area contributed by atoms with Crippen molar-refractivity contribution >= 4 is 47.4 Å². The fraction of sp³-hybridized carbons (Fsp3) is 0.806. The summed E-state index contributed by atoms with van der Waals surface area (Å²) in [5, 5.41) is 19.6. The fourth-order valence-corrected chi connectivity index (χ4v) is 5.03. The second kappa shape index (κ2) is 25.0. The number of alkyl carbamates (subject to hydrolysis) is 1. The number of rotatable bonds is 26. The van der Waals surface area contributed by atoms with Crippen LogP contribution in [-0.4, -0.2) is 149 Å². The van der Waals surface area contributed by atoms with E-state index < -0.39 is 18.5 Å². The van der Waals surface area contributed by atoms with E-state index in [-0.39, 0.29) is 138 Å². The summed E-state index contributed by atoms with van der Waals surface area (Å²) in [6.07, 6.45) is 0.641. The van der Waals surface area contributed by atoms with E-state index in [1.54, 1.807) is 6.26 Å². The molecule has 1 aliphatic heterocycles. The van der Waals surface area contributed by atoms with Gasteiger partial charge in [0.05, 0.1) is 44.4 Å². The molecule has 1 heterocycles. The van der Waals surface area contributed by atoms with Crippen molar-refractivity contribution in [2.24, 2.45) is 5.41 Å². The van der Waals surface area contributed by atoms with Crippen LogP contribution in [-0.2, 0) is 47.7 Å². The molecule has 1 aliphatic rings. The molecule has 1 fully saturated rings. The maximum Gasteiger partial charge on any atom is 0.407 e. The molecular weight excluding hydrogens is 666 g/mol. The highest BCUT2D eigenvalue weighted by Crippen LogP contribution is 2.24. The van der Waals surface area contributed by atoms with Crippen molar-refractivity contribution in [1.29, 1.82) is 0 Å². The molecule has 49 heavy (non-hydrogen) atoms. The van der Waals surface area contributed by atoms with Gasteiger partial charge in [0.1, 0.15) is 6.61 Å². The molecule has 6 amide bonds. The molecule has 3 atom stereocenters. The first-order valence-corrected chi connectivity index (χ1v) is 17.6. The molecule has 0 spiro atoms. The number of hydrogen-bond acceptors (Lipinski definition) is 13. The lowest BCUT2D eigenvalue weighted by Crippen LogP contribution is -2.37. The van der Waals surface area contributed by atoms with Crippen molar-refractivity contribution in [2.45, 2.75) is 70.5 Å². The quantitative estimate of drug-likeness (QED) is 0.0434. The Morgan fingerprint density at radius 2 is 1.49 bits per heavy atom. The van der Waals surface area contributed by atoms with E-state index in [0.717, 1.165) is 4.90 Å². The summed E-state index contributed by atoms with van der Waals surface area (Å²) in [4.78, 5) is 72.9. The van der Waals surface area contributed by atoms with Crippen molar-refractivity contribution in [3.63, 3.8) is 0 Å². The third-order valence-corrected chi connectivity index (χ3v) is 7.79. The summed E-state index contributed by atoms with van der Waals surface area (Å²) in [5.74, 6) is -1.34. The molecule has 17 nitrogen and oxygen atoms in total. The molecule has 0 aromatic carbocycles. The predicted octanol–water partition coefficient (Wildman–Crippen LogP) is -0.459. The van der Waals surface area contributed by atoms with E-state index in [9.17, 15) is 33.9 Å². The Morgan fingerprint density at radius 3 is 2.08 bits per heavy atom. The van der Waals surface area contributed by atoms with E-state index in [4.69, 9.17) is 23.7 Å². The molecule has 282 valence electrons. The predicted molar refractivity (Wildman–Crippen MR) is 179 cm³/mol. The Bertz CT molecular complexity index is 1040. The van der Waals surface area contributed by atoms with E-state index in [0.29, 0.717) is 6.42 Å². The zero-order chi connectivity index (χ0) is 36.7. The molecule has 18 heteroatoms. The molecular formula is C31H55N5O12S. The monoisotopic (exact) mass is 721 g/mol. The minimum atomic E-state index is -0.849. The number of likely N-dealkylation sites (tertiary alicyclic amines) is 1. The van der Waals surface area contributed by atoms with Crippen molar-refractivity contribution in [1.82, 2.24) is 26.2 Å². The fourth-order valence-electron chi connectivity index (χ4n) is 4.39. The lowest BCUT2D eigenvalue weighted by atomic mass is 9.89. The molecule has 0 aliphatic carbocycles. The normalized spacial score (nSPS) is 15.9. The van der Waals surface area contributed by atoms with Gasteiger partial charge in [-0.3, -0.25) is 28.9 Å². The average Bonchev–Trinajstić information content (AvgIpc) is 3.33. The number of hydrogen-bond donors (Lipinski definition) is 5. The van der Waals surface area contributed by atoms with Gasteiger partial charge in [-0.25, -0.2) is 4.79 Å². The maximum absolute atomic E-state index is 12.1. The number of carbonyl (C=O) groups excluding carboxylic acids is 6. The second-order valence-electron chi connectivity index (χ2n) is 12.2. The van der Waals surface area contributed by atoms with Gasteiger partial charge in [0, 0.05) is 65.5 Å². The minimum absolute atomic E-state index is 0.00953. The van der Waals surface area contributed by atoms with E-state index in [2.05, 4.69) is 21.3 Å². The Morgan fingerprint density at radius 1 is 0.878 bits per heavy atom. The Labute approximate surface area is 292 Å². The van der Waals surface area contributed by atoms with Crippen molar-refractivity contribution < 1.29 is 57.6 Å². The van der Waals surface area contributed by atoms with Gasteiger partial charge in [-0.05, 0) is 18.1 Å². The summed E-state index contributed by atoms with van der Waals surface area (Å²) in [7, 11) is 1.40. The van der Waals surface area contributed by atoms with Crippen LogP contribution in [0, 0.1) is 5.41 Å². The van der Waals surface area contributed by atoms with Gasteiger partial charge in [-0.1, -0.05) is 20.8 Å². The van der Waals surface area contributed by atoms with Crippen LogP contribution in [0.5, 0.6) is 0 Å². The highest BCUT2D eigenvalue weighted by molar-refractivity contribution is 8.00. The first-order chi connectivity index (χ1) is 23.3. The summed E-state index contributed by atoms with van der Waals surface area (Å²) in [6, 6.07) is 0. The zero-order valence-electron chi connectivity index (χ0n) is 29.3. The number of ether oxygens (including phenoxy) is 5. The maximum atomic E-state index is 12.1. The van der Waals surface area contributed by atoms with Crippen LogP contribution in [0.25, 0.3) is 0 Å². The number of aliphatic hydroxyl groups excluding tert-OH is 1. The molecule has 0 saturated carbocycles. The third kappa shape index (κ3) is 20.9. The summed E-state index contributed by atoms with van der Waals surface area (Å²) in [6.45, 7) is 7.44. The van der Waals surface area contributed by atoms with E-state index in [1.165, 1.54) is 18.9 Å². The van der Waals surface area contributed by atoms with Crippen molar-refractivity contribution in [2.75, 3.05) is 85.7 Å². The van der Waals surface area contributed by atoms with Crippen LogP contribution in [0.15, 0.2) is 0 Å². The van der Waals surface area contributed by atoms with Gasteiger partial charge in [0.15, 0.2) is 6.29 Å². The van der Waals surface area contributed by atoms with Gasteiger partial charge < -0.3 is 50.1 Å². The lowest BCUT2D eigenvalue weighted by Gasteiger charge is -2.27. The van der Waals surface area contributed by atoms with E-state index in [1.807, 2.05) is 20.8 Å². The Balaban J connectivity index is 1.98. The van der Waals surface area contributed by atoms with Gasteiger partial charge in [-0.15, -0.1) is 0 Å². The molecule has 1 rings (SSSR count). The van der Waals surface area contributed by atoms with E-state index >= 15 is 0 Å². The highest BCUT2D eigenvalue weighted by Gasteiger charge is 2.37. The lowest BCUT2D eigenvalue weighted by molar-refractivity contribution is -0.187. The van der Waals surface area contributed by atoms with Crippen molar-refractivity contribution in [3.05, 3.63) is 0 Å². The topological polar surface area (TPSA) is 220 Å². The van der Waals surface area contributed by atoms with Gasteiger partial charge in [-0.2, -0.15) is 11.8 Å². The molecule has 1 saturated heterocycles. The van der Waals surface area contributed by atoms with Gasteiger partial charge in [0.2, 0.25) is 29.5 Å². The Hall–Kier alpha value is -3.03. The molecule has 0 bridgehead atoms. The number of amides is 6. The number of nitrogens with one attached hydrogen (secondary N) is 4. The van der Waals surface area contributed by atoms with Crippen molar-refractivity contribution in [3.8, 4) is 0 Å². The first-order valence-electron chi connectivity index (χ1n) is 16.3. The minimum Gasteiger partial charge on any atom is -0.444 e. The second-order valence-corrected chi connectivity index (χ2v) is 13.3. The number of methoxy groups -OCH3 is 1. The number of carbonyl (C=O) groups is 6. The zero-order valence-corrected chi connectivity index (χ0v) is 30.2. The van der Waals surface area contributed by atoms with Crippen LogP contribution in [0.2, 0.25) is 0 Å². The summed E-state index contributed by atoms with van der Waals surface area (Å²) >= 11 is 1.33. The smallest absolute Gasteiger partial charge is 0.407 e. The molecule has 5 N–H and O–H groups in total. The molecule has 3 unspecified atom stereocenters. The molecule has 0 radical (unpaired) electrons. The van der Waals surface area contributed by atoms with Crippen LogP contribution in [0.4, 0.5) is 4.79 Å².